The van der Waals surface area contributed by atoms with Gasteiger partial charge in [-0.2, -0.15) is 0 Å². The summed E-state index contributed by atoms with van der Waals surface area (Å²) in [7, 11) is 9.22. The second kappa shape index (κ2) is 33.0. The summed E-state index contributed by atoms with van der Waals surface area (Å²) in [6.07, 6.45) is 34.4. The topological polar surface area (TPSA) is 26.3 Å². The van der Waals surface area contributed by atoms with Crippen LogP contribution in [0.25, 0.3) is 0 Å². The molecule has 0 fully saturated rings. The molecule has 0 aromatic carbocycles. The molecule has 0 amide bonds. The van der Waals surface area contributed by atoms with Crippen molar-refractivity contribution >= 4 is 5.97 Å². The van der Waals surface area contributed by atoms with Gasteiger partial charge in [0, 0.05) is 6.08 Å². The van der Waals surface area contributed by atoms with Crippen molar-refractivity contribution in [1.29, 1.82) is 0 Å². The second-order valence-corrected chi connectivity index (χ2v) is 14.7. The third kappa shape index (κ3) is 33.5. The number of rotatable bonds is 32. The maximum Gasteiger partial charge on any atom is 0.330 e. The Balaban J connectivity index is -0.00000840. The number of carbonyl (C=O) groups excluding carboxylic acids is 1. The van der Waals surface area contributed by atoms with Crippen LogP contribution >= 0.6 is 0 Å². The summed E-state index contributed by atoms with van der Waals surface area (Å²) < 4.78 is 7.73. The highest BCUT2D eigenvalue weighted by Gasteiger charge is 2.30. The summed E-state index contributed by atoms with van der Waals surface area (Å²) in [5.74, 6) is -0.282. The van der Waals surface area contributed by atoms with E-state index in [1.807, 2.05) is 0 Å². The van der Waals surface area contributed by atoms with Gasteiger partial charge in [0.05, 0.1) is 41.3 Å². The van der Waals surface area contributed by atoms with Crippen LogP contribution in [-0.2, 0) is 9.53 Å². The minimum absolute atomic E-state index is 0. The van der Waals surface area contributed by atoms with Gasteiger partial charge in [-0.15, -0.1) is 0 Å². The molecule has 0 heterocycles. The van der Waals surface area contributed by atoms with Crippen molar-refractivity contribution in [2.75, 3.05) is 54.4 Å². The molecule has 0 saturated carbocycles. The van der Waals surface area contributed by atoms with Crippen LogP contribution in [0.5, 0.6) is 0 Å². The van der Waals surface area contributed by atoms with E-state index >= 15 is 0 Å². The molecule has 0 spiro atoms. The fourth-order valence-electron chi connectivity index (χ4n) is 6.39. The lowest BCUT2D eigenvalue weighted by Crippen LogP contribution is -3.00. The van der Waals surface area contributed by atoms with Crippen LogP contribution in [0.15, 0.2) is 12.7 Å². The summed E-state index contributed by atoms with van der Waals surface area (Å²) in [4.78, 5) is 12.2. The molecule has 0 rings (SSSR count). The minimum Gasteiger partial charge on any atom is -1.00 e. The van der Waals surface area contributed by atoms with Crippen molar-refractivity contribution in [3.05, 3.63) is 12.7 Å². The molecule has 0 bridgehead atoms. The normalized spacial score (nSPS) is 11.7. The molecule has 0 aromatic heterocycles. The molecule has 0 N–H and O–H groups in total. The number of hydrogen-bond donors (Lipinski definition) is 0. The van der Waals surface area contributed by atoms with E-state index in [2.05, 4.69) is 48.6 Å². The second-order valence-electron chi connectivity index (χ2n) is 14.7. The highest BCUT2D eigenvalue weighted by molar-refractivity contribution is 5.81. The van der Waals surface area contributed by atoms with Gasteiger partial charge in [-0.05, 0) is 25.7 Å². The van der Waals surface area contributed by atoms with E-state index < -0.39 is 0 Å². The Kier molecular flexibility index (Phi) is 36.4. The van der Waals surface area contributed by atoms with Crippen LogP contribution in [0.4, 0.5) is 0 Å². The molecule has 266 valence electrons. The average molecular weight is 755 g/mol. The first-order valence-electron chi connectivity index (χ1n) is 18.6. The van der Waals surface area contributed by atoms with E-state index in [9.17, 15) is 4.79 Å². The molecule has 0 aliphatic heterocycles. The summed E-state index contributed by atoms with van der Waals surface area (Å²) in [5, 5.41) is 0. The standard InChI is InChI=1S/C38H78N2O2.2BrH/c1-8-11-13-15-17-19-21-23-25-27-29-31-33-39(4,5)35-37(42-38(41)10-3)36-40(6,7)34-32-30-28-26-24-22-20-18-16-14-12-9-2;;/h10,37H,3,8-9,11-36H2,1-2,4-7H3;2*1H/q+2;;/p-2. The summed E-state index contributed by atoms with van der Waals surface area (Å²) in [6.45, 7) is 12.3. The summed E-state index contributed by atoms with van der Waals surface area (Å²) in [6, 6.07) is 0. The van der Waals surface area contributed by atoms with Gasteiger partial charge >= 0.3 is 5.97 Å². The number of ether oxygens (including phenoxy) is 1. The first-order chi connectivity index (χ1) is 20.2. The predicted molar refractivity (Wildman–Crippen MR) is 186 cm³/mol. The number of carbonyl (C=O) groups is 1. The minimum atomic E-state index is -0.282. The largest absolute Gasteiger partial charge is 1.00 e. The first-order valence-corrected chi connectivity index (χ1v) is 18.6. The molecule has 44 heavy (non-hydrogen) atoms. The highest BCUT2D eigenvalue weighted by Crippen LogP contribution is 2.16. The van der Waals surface area contributed by atoms with E-state index in [1.54, 1.807) is 0 Å². The van der Waals surface area contributed by atoms with Crippen LogP contribution in [0.3, 0.4) is 0 Å². The zero-order valence-corrected chi connectivity index (χ0v) is 33.8. The predicted octanol–water partition coefficient (Wildman–Crippen LogP) is 4.65. The van der Waals surface area contributed by atoms with E-state index in [4.69, 9.17) is 4.74 Å². The SMILES string of the molecule is C=CC(=O)OC(C[N+](C)(C)CCCCCCCCCCCCCC)C[N+](C)(C)CCCCCCCCCCCCCC.[Br-].[Br-]. The van der Waals surface area contributed by atoms with Crippen molar-refractivity contribution < 1.29 is 52.5 Å². The lowest BCUT2D eigenvalue weighted by atomic mass is 10.0. The molecule has 4 nitrogen and oxygen atoms in total. The molecular weight excluding hydrogens is 676 g/mol. The van der Waals surface area contributed by atoms with Crippen LogP contribution in [0.2, 0.25) is 0 Å². The fourth-order valence-corrected chi connectivity index (χ4v) is 6.39. The van der Waals surface area contributed by atoms with Crippen LogP contribution in [-0.4, -0.2) is 75.4 Å². The van der Waals surface area contributed by atoms with Crippen LogP contribution in [0, 0.1) is 0 Å². The van der Waals surface area contributed by atoms with Gasteiger partial charge in [-0.25, -0.2) is 4.79 Å². The number of likely N-dealkylation sites (N-methyl/N-ethyl adjacent to an activating group) is 2. The molecule has 0 aliphatic carbocycles. The number of unbranched alkanes of at least 4 members (excludes halogenated alkanes) is 22. The number of halogens is 2. The van der Waals surface area contributed by atoms with Crippen LogP contribution < -0.4 is 34.0 Å². The monoisotopic (exact) mass is 752 g/mol. The quantitative estimate of drug-likeness (QED) is 0.0434. The lowest BCUT2D eigenvalue weighted by Gasteiger charge is -2.37. The third-order valence-electron chi connectivity index (χ3n) is 9.08. The van der Waals surface area contributed by atoms with Gasteiger partial charge in [0.1, 0.15) is 13.1 Å². The molecule has 0 aromatic rings. The smallest absolute Gasteiger partial charge is 0.330 e. The van der Waals surface area contributed by atoms with Crippen molar-refractivity contribution in [1.82, 2.24) is 0 Å². The van der Waals surface area contributed by atoms with Gasteiger partial charge in [0.15, 0.2) is 6.10 Å². The van der Waals surface area contributed by atoms with Crippen LogP contribution in [0.1, 0.15) is 168 Å². The highest BCUT2D eigenvalue weighted by atomic mass is 79.9. The average Bonchev–Trinajstić information content (AvgIpc) is 2.93. The zero-order chi connectivity index (χ0) is 31.4. The Bertz CT molecular complexity index is 586. The molecule has 0 radical (unpaired) electrons. The van der Waals surface area contributed by atoms with Gasteiger partial charge in [-0.3, -0.25) is 0 Å². The van der Waals surface area contributed by atoms with Gasteiger partial charge in [0.25, 0.3) is 0 Å². The maximum atomic E-state index is 12.2. The first kappa shape index (κ1) is 48.5. The van der Waals surface area contributed by atoms with E-state index in [-0.39, 0.29) is 46.0 Å². The summed E-state index contributed by atoms with van der Waals surface area (Å²) in [5.41, 5.74) is 0. The van der Waals surface area contributed by atoms with E-state index in [0.717, 1.165) is 35.1 Å². The zero-order valence-electron chi connectivity index (χ0n) is 30.6. The molecule has 0 saturated heterocycles. The van der Waals surface area contributed by atoms with E-state index in [0.29, 0.717) is 0 Å². The molecule has 0 atom stereocenters. The van der Waals surface area contributed by atoms with Crippen molar-refractivity contribution in [2.45, 2.75) is 174 Å². The Morgan fingerprint density at radius 2 is 0.773 bits per heavy atom. The third-order valence-corrected chi connectivity index (χ3v) is 9.08. The maximum absolute atomic E-state index is 12.2. The van der Waals surface area contributed by atoms with Crippen molar-refractivity contribution in [3.8, 4) is 0 Å². The Morgan fingerprint density at radius 1 is 0.523 bits per heavy atom. The van der Waals surface area contributed by atoms with Crippen molar-refractivity contribution in [2.24, 2.45) is 0 Å². The Hall–Kier alpha value is 0.0900. The van der Waals surface area contributed by atoms with Crippen molar-refractivity contribution in [3.63, 3.8) is 0 Å². The Labute approximate surface area is 298 Å². The fraction of sp³-hybridized carbons (Fsp3) is 0.921. The van der Waals surface area contributed by atoms with Gasteiger partial charge in [0.2, 0.25) is 0 Å². The summed E-state index contributed by atoms with van der Waals surface area (Å²) >= 11 is 0. The molecular formula is C38H78Br2N2O2. The van der Waals surface area contributed by atoms with Gasteiger partial charge < -0.3 is 47.7 Å². The Morgan fingerprint density at radius 3 is 1.02 bits per heavy atom. The number of hydrogen-bond acceptors (Lipinski definition) is 2. The van der Waals surface area contributed by atoms with E-state index in [1.165, 1.54) is 160 Å². The molecule has 0 unspecified atom stereocenters. The molecule has 6 heteroatoms. The molecule has 0 aliphatic rings. The number of quaternary nitrogens is 2. The number of esters is 1. The number of nitrogens with zero attached hydrogens (tertiary/aromatic N) is 2. The van der Waals surface area contributed by atoms with Gasteiger partial charge in [-0.1, -0.05) is 149 Å². The lowest BCUT2D eigenvalue weighted by molar-refractivity contribution is -0.914.